The summed E-state index contributed by atoms with van der Waals surface area (Å²) in [7, 11) is 0. The third kappa shape index (κ3) is 3.04. The zero-order chi connectivity index (χ0) is 16.4. The third-order valence-electron chi connectivity index (χ3n) is 4.66. The second-order valence-corrected chi connectivity index (χ2v) is 6.42. The fourth-order valence-corrected chi connectivity index (χ4v) is 3.33. The highest BCUT2D eigenvalue weighted by atomic mass is 16.2. The van der Waals surface area contributed by atoms with Crippen LogP contribution in [0.2, 0.25) is 0 Å². The molecule has 0 aliphatic carbocycles. The Morgan fingerprint density at radius 2 is 1.83 bits per heavy atom. The summed E-state index contributed by atoms with van der Waals surface area (Å²) in [4.78, 5) is 22.4. The summed E-state index contributed by atoms with van der Waals surface area (Å²) in [5, 5.41) is 0. The van der Waals surface area contributed by atoms with E-state index >= 15 is 0 Å². The van der Waals surface area contributed by atoms with Gasteiger partial charge in [0.05, 0.1) is 17.5 Å². The maximum atomic E-state index is 12.4. The summed E-state index contributed by atoms with van der Waals surface area (Å²) in [5.74, 6) is 1.10. The monoisotopic (exact) mass is 319 g/mol. The normalized spacial score (nSPS) is 14.9. The molecule has 1 fully saturated rings. The molecule has 1 amide bonds. The molecule has 0 radical (unpaired) electrons. The number of hydrogen-bond acceptors (Lipinski definition) is 2. The van der Waals surface area contributed by atoms with E-state index in [1.807, 2.05) is 47.4 Å². The van der Waals surface area contributed by atoms with Gasteiger partial charge in [-0.1, -0.05) is 36.4 Å². The van der Waals surface area contributed by atoms with Gasteiger partial charge in [0.25, 0.3) is 0 Å². The summed E-state index contributed by atoms with van der Waals surface area (Å²) in [6.45, 7) is 1.81. The molecule has 24 heavy (non-hydrogen) atoms. The van der Waals surface area contributed by atoms with Gasteiger partial charge >= 0.3 is 0 Å². The number of aromatic amines is 1. The predicted octanol–water partition coefficient (Wildman–Crippen LogP) is 3.78. The Hall–Kier alpha value is -2.62. The van der Waals surface area contributed by atoms with Crippen molar-refractivity contribution in [3.05, 3.63) is 54.1 Å². The fraction of sp³-hybridized carbons (Fsp3) is 0.300. The number of nitrogens with zero attached hydrogens (tertiary/aromatic N) is 2. The number of fused-ring (bicyclic) bond motifs is 1. The van der Waals surface area contributed by atoms with E-state index in [2.05, 4.69) is 16.0 Å². The maximum absolute atomic E-state index is 12.4. The molecule has 4 nitrogen and oxygen atoms in total. The van der Waals surface area contributed by atoms with Crippen molar-refractivity contribution < 1.29 is 4.79 Å². The van der Waals surface area contributed by atoms with Crippen LogP contribution in [0.5, 0.6) is 0 Å². The highest BCUT2D eigenvalue weighted by Crippen LogP contribution is 2.21. The van der Waals surface area contributed by atoms with E-state index in [1.165, 1.54) is 6.42 Å². The van der Waals surface area contributed by atoms with Gasteiger partial charge in [-0.25, -0.2) is 4.98 Å². The van der Waals surface area contributed by atoms with Crippen LogP contribution < -0.4 is 0 Å². The van der Waals surface area contributed by atoms with E-state index in [0.717, 1.165) is 53.9 Å². The zero-order valence-electron chi connectivity index (χ0n) is 13.7. The van der Waals surface area contributed by atoms with Crippen molar-refractivity contribution in [1.82, 2.24) is 14.9 Å². The van der Waals surface area contributed by atoms with Crippen LogP contribution in [0.4, 0.5) is 0 Å². The molecule has 1 aliphatic heterocycles. The molecule has 1 saturated heterocycles. The van der Waals surface area contributed by atoms with Crippen LogP contribution >= 0.6 is 0 Å². The summed E-state index contributed by atoms with van der Waals surface area (Å²) in [6.07, 6.45) is 3.97. The number of piperidine rings is 1. The minimum atomic E-state index is 0.233. The van der Waals surface area contributed by atoms with Gasteiger partial charge in [-0.3, -0.25) is 4.79 Å². The average Bonchev–Trinajstić information content (AvgIpc) is 3.06. The van der Waals surface area contributed by atoms with Crippen molar-refractivity contribution in [2.75, 3.05) is 13.1 Å². The first-order valence-corrected chi connectivity index (χ1v) is 8.61. The minimum Gasteiger partial charge on any atom is -0.342 e. The van der Waals surface area contributed by atoms with E-state index in [9.17, 15) is 4.79 Å². The van der Waals surface area contributed by atoms with Gasteiger partial charge in [-0.05, 0) is 37.0 Å². The fourth-order valence-electron chi connectivity index (χ4n) is 3.33. The molecule has 4 heteroatoms. The van der Waals surface area contributed by atoms with E-state index in [0.29, 0.717) is 6.42 Å². The number of benzene rings is 2. The van der Waals surface area contributed by atoms with Crippen LogP contribution in [0.3, 0.4) is 0 Å². The molecule has 4 rings (SSSR count). The Balaban J connectivity index is 1.56. The van der Waals surface area contributed by atoms with E-state index in [4.69, 9.17) is 0 Å². The number of aromatic nitrogens is 2. The summed E-state index contributed by atoms with van der Waals surface area (Å²) in [5.41, 5.74) is 4.03. The van der Waals surface area contributed by atoms with Crippen molar-refractivity contribution >= 4 is 16.9 Å². The molecule has 2 heterocycles. The Morgan fingerprint density at radius 1 is 1.04 bits per heavy atom. The standard InChI is InChI=1S/C20H21N3O/c24-19(23-11-5-2-6-12-23)14-15-9-10-17-18(13-15)22-20(21-17)16-7-3-1-4-8-16/h1,3-4,7-10,13H,2,5-6,11-12,14H2,(H,21,22). The summed E-state index contributed by atoms with van der Waals surface area (Å²) < 4.78 is 0. The Morgan fingerprint density at radius 3 is 2.62 bits per heavy atom. The zero-order valence-corrected chi connectivity index (χ0v) is 13.7. The van der Waals surface area contributed by atoms with Crippen molar-refractivity contribution in [1.29, 1.82) is 0 Å². The number of imidazole rings is 1. The van der Waals surface area contributed by atoms with Crippen molar-refractivity contribution in [2.24, 2.45) is 0 Å². The van der Waals surface area contributed by atoms with Crippen molar-refractivity contribution in [3.8, 4) is 11.4 Å². The van der Waals surface area contributed by atoms with Crippen molar-refractivity contribution in [2.45, 2.75) is 25.7 Å². The largest absolute Gasteiger partial charge is 0.342 e. The third-order valence-corrected chi connectivity index (χ3v) is 4.66. The Kier molecular flexibility index (Phi) is 4.03. The lowest BCUT2D eigenvalue weighted by molar-refractivity contribution is -0.131. The smallest absolute Gasteiger partial charge is 0.226 e. The van der Waals surface area contributed by atoms with Crippen LogP contribution in [0.1, 0.15) is 24.8 Å². The van der Waals surface area contributed by atoms with Crippen LogP contribution in [-0.2, 0) is 11.2 Å². The molecule has 1 aromatic heterocycles. The molecule has 0 spiro atoms. The van der Waals surface area contributed by atoms with Gasteiger partial charge in [-0.15, -0.1) is 0 Å². The highest BCUT2D eigenvalue weighted by molar-refractivity contribution is 5.83. The van der Waals surface area contributed by atoms with Crippen LogP contribution in [0.15, 0.2) is 48.5 Å². The number of carbonyl (C=O) groups excluding carboxylic acids is 1. The van der Waals surface area contributed by atoms with Gasteiger partial charge in [0.15, 0.2) is 0 Å². The SMILES string of the molecule is O=C(Cc1ccc2nc(-c3ccccc3)[nH]c2c1)N1CCCCC1. The van der Waals surface area contributed by atoms with Gasteiger partial charge in [0, 0.05) is 18.7 Å². The second-order valence-electron chi connectivity index (χ2n) is 6.42. The number of H-pyrrole nitrogens is 1. The molecular formula is C20H21N3O. The van der Waals surface area contributed by atoms with E-state index in [-0.39, 0.29) is 5.91 Å². The molecule has 3 aromatic rings. The summed E-state index contributed by atoms with van der Waals surface area (Å²) in [6, 6.07) is 16.2. The minimum absolute atomic E-state index is 0.233. The van der Waals surface area contributed by atoms with Crippen molar-refractivity contribution in [3.63, 3.8) is 0 Å². The van der Waals surface area contributed by atoms with Gasteiger partial charge < -0.3 is 9.88 Å². The lowest BCUT2D eigenvalue weighted by Gasteiger charge is -2.26. The van der Waals surface area contributed by atoms with E-state index in [1.54, 1.807) is 0 Å². The molecule has 0 bridgehead atoms. The van der Waals surface area contributed by atoms with Crippen LogP contribution in [-0.4, -0.2) is 33.9 Å². The van der Waals surface area contributed by atoms with Crippen LogP contribution in [0.25, 0.3) is 22.4 Å². The quantitative estimate of drug-likeness (QED) is 0.798. The maximum Gasteiger partial charge on any atom is 0.226 e. The second kappa shape index (κ2) is 6.48. The molecule has 0 saturated carbocycles. The van der Waals surface area contributed by atoms with Crippen LogP contribution in [0, 0.1) is 0 Å². The number of carbonyl (C=O) groups is 1. The van der Waals surface area contributed by atoms with E-state index < -0.39 is 0 Å². The number of hydrogen-bond donors (Lipinski definition) is 1. The van der Waals surface area contributed by atoms with Gasteiger partial charge in [0.1, 0.15) is 5.82 Å². The molecular weight excluding hydrogens is 298 g/mol. The number of nitrogens with one attached hydrogen (secondary N) is 1. The first-order chi connectivity index (χ1) is 11.8. The predicted molar refractivity (Wildman–Crippen MR) is 95.7 cm³/mol. The Bertz CT molecular complexity index is 848. The lowest BCUT2D eigenvalue weighted by Crippen LogP contribution is -2.36. The topological polar surface area (TPSA) is 49.0 Å². The first-order valence-electron chi connectivity index (χ1n) is 8.61. The number of rotatable bonds is 3. The highest BCUT2D eigenvalue weighted by Gasteiger charge is 2.17. The van der Waals surface area contributed by atoms with Gasteiger partial charge in [-0.2, -0.15) is 0 Å². The number of likely N-dealkylation sites (tertiary alicyclic amines) is 1. The average molecular weight is 319 g/mol. The first kappa shape index (κ1) is 14.9. The molecule has 0 unspecified atom stereocenters. The lowest BCUT2D eigenvalue weighted by atomic mass is 10.1. The Labute approximate surface area is 141 Å². The summed E-state index contributed by atoms with van der Waals surface area (Å²) >= 11 is 0. The number of amides is 1. The molecule has 122 valence electrons. The molecule has 1 aliphatic rings. The van der Waals surface area contributed by atoms with Gasteiger partial charge in [0.2, 0.25) is 5.91 Å². The molecule has 0 atom stereocenters. The molecule has 1 N–H and O–H groups in total. The molecule has 2 aromatic carbocycles.